The first-order chi connectivity index (χ1) is 8.35. The van der Waals surface area contributed by atoms with Crippen molar-refractivity contribution in [1.29, 1.82) is 0 Å². The van der Waals surface area contributed by atoms with Gasteiger partial charge in [-0.2, -0.15) is 0 Å². The van der Waals surface area contributed by atoms with Gasteiger partial charge in [0.2, 0.25) is 0 Å². The molecule has 1 N–H and O–H groups in total. The van der Waals surface area contributed by atoms with E-state index in [-0.39, 0.29) is 0 Å². The van der Waals surface area contributed by atoms with E-state index in [1.165, 1.54) is 30.4 Å². The first kappa shape index (κ1) is 12.4. The first-order valence-electron chi connectivity index (χ1n) is 6.80. The van der Waals surface area contributed by atoms with Crippen molar-refractivity contribution in [3.8, 4) is 0 Å². The molecule has 0 fully saturated rings. The molecule has 2 rings (SSSR count). The van der Waals surface area contributed by atoms with Gasteiger partial charge in [-0.15, -0.1) is 6.58 Å². The first-order valence-corrected chi connectivity index (χ1v) is 6.80. The van der Waals surface area contributed by atoms with Gasteiger partial charge >= 0.3 is 0 Å². The topological polar surface area (TPSA) is 12.0 Å². The quantitative estimate of drug-likeness (QED) is 0.752. The average Bonchev–Trinajstić information content (AvgIpc) is 2.36. The van der Waals surface area contributed by atoms with Crippen molar-refractivity contribution >= 4 is 0 Å². The van der Waals surface area contributed by atoms with Gasteiger partial charge in [0, 0.05) is 12.1 Å². The molecule has 1 aromatic rings. The Balaban J connectivity index is 2.16. The highest BCUT2D eigenvalue weighted by Crippen LogP contribution is 2.29. The third-order valence-electron chi connectivity index (χ3n) is 3.63. The Bertz CT molecular complexity index is 370. The zero-order chi connectivity index (χ0) is 12.1. The van der Waals surface area contributed by atoms with Crippen molar-refractivity contribution < 1.29 is 0 Å². The van der Waals surface area contributed by atoms with Crippen molar-refractivity contribution in [2.45, 2.75) is 51.1 Å². The summed E-state index contributed by atoms with van der Waals surface area (Å²) in [5, 5.41) is 3.77. The molecule has 2 atom stereocenters. The number of hydrogen-bond acceptors (Lipinski definition) is 1. The molecule has 0 aromatic heterocycles. The van der Waals surface area contributed by atoms with E-state index in [9.17, 15) is 0 Å². The molecule has 0 radical (unpaired) electrons. The van der Waals surface area contributed by atoms with E-state index in [4.69, 9.17) is 0 Å². The predicted octanol–water partition coefficient (Wildman–Crippen LogP) is 4.01. The standard InChI is InChI=1S/C16H23N/c1-3-5-11-16-15-10-7-6-9-13(15)12-14(17-16)8-4-2/h4,6-7,9-10,14,16-17H,2-3,5,8,11-12H2,1H3. The molecule has 1 aliphatic heterocycles. The predicted molar refractivity (Wildman–Crippen MR) is 74.1 cm³/mol. The van der Waals surface area contributed by atoms with Crippen molar-refractivity contribution in [3.05, 3.63) is 48.0 Å². The van der Waals surface area contributed by atoms with Crippen molar-refractivity contribution in [1.82, 2.24) is 5.32 Å². The normalized spacial score (nSPS) is 23.1. The molecule has 2 unspecified atom stereocenters. The lowest BCUT2D eigenvalue weighted by atomic mass is 9.87. The summed E-state index contributed by atoms with van der Waals surface area (Å²) in [6.45, 7) is 6.12. The Morgan fingerprint density at radius 2 is 2.24 bits per heavy atom. The highest BCUT2D eigenvalue weighted by atomic mass is 15.0. The van der Waals surface area contributed by atoms with Crippen LogP contribution in [0.1, 0.15) is 49.8 Å². The Morgan fingerprint density at radius 3 is 3.00 bits per heavy atom. The van der Waals surface area contributed by atoms with Gasteiger partial charge in [-0.3, -0.25) is 0 Å². The lowest BCUT2D eigenvalue weighted by molar-refractivity contribution is 0.379. The van der Waals surface area contributed by atoms with Gasteiger partial charge in [-0.25, -0.2) is 0 Å². The number of fused-ring (bicyclic) bond motifs is 1. The van der Waals surface area contributed by atoms with E-state index in [1.807, 2.05) is 6.08 Å². The summed E-state index contributed by atoms with van der Waals surface area (Å²) in [6.07, 6.45) is 8.06. The minimum Gasteiger partial charge on any atom is -0.307 e. The molecule has 1 aliphatic rings. The summed E-state index contributed by atoms with van der Waals surface area (Å²) < 4.78 is 0. The molecule has 1 heteroatoms. The van der Waals surface area contributed by atoms with Crippen LogP contribution >= 0.6 is 0 Å². The van der Waals surface area contributed by atoms with Crippen LogP contribution in [-0.4, -0.2) is 6.04 Å². The number of unbranched alkanes of at least 4 members (excludes halogenated alkanes) is 1. The van der Waals surface area contributed by atoms with Gasteiger partial charge in [0.1, 0.15) is 0 Å². The van der Waals surface area contributed by atoms with Gasteiger partial charge in [-0.1, -0.05) is 50.1 Å². The van der Waals surface area contributed by atoms with Gasteiger partial charge in [0.15, 0.2) is 0 Å². The van der Waals surface area contributed by atoms with Crippen molar-refractivity contribution in [2.24, 2.45) is 0 Å². The summed E-state index contributed by atoms with van der Waals surface area (Å²) in [5.41, 5.74) is 3.04. The lowest BCUT2D eigenvalue weighted by Crippen LogP contribution is -2.39. The second kappa shape index (κ2) is 6.02. The second-order valence-corrected chi connectivity index (χ2v) is 4.99. The summed E-state index contributed by atoms with van der Waals surface area (Å²) in [7, 11) is 0. The monoisotopic (exact) mass is 229 g/mol. The zero-order valence-corrected chi connectivity index (χ0v) is 10.8. The van der Waals surface area contributed by atoms with Crippen LogP contribution in [0.3, 0.4) is 0 Å². The van der Waals surface area contributed by atoms with Crippen LogP contribution in [-0.2, 0) is 6.42 Å². The third-order valence-corrected chi connectivity index (χ3v) is 3.63. The Hall–Kier alpha value is -1.08. The molecule has 0 saturated carbocycles. The van der Waals surface area contributed by atoms with E-state index in [0.29, 0.717) is 12.1 Å². The summed E-state index contributed by atoms with van der Waals surface area (Å²) in [6, 6.07) is 10.0. The molecule has 0 bridgehead atoms. The fourth-order valence-corrected chi connectivity index (χ4v) is 2.76. The van der Waals surface area contributed by atoms with Crippen LogP contribution in [0.2, 0.25) is 0 Å². The van der Waals surface area contributed by atoms with Gasteiger partial charge < -0.3 is 5.32 Å². The smallest absolute Gasteiger partial charge is 0.0325 e. The number of hydrogen-bond donors (Lipinski definition) is 1. The number of nitrogens with one attached hydrogen (secondary N) is 1. The van der Waals surface area contributed by atoms with Crippen LogP contribution < -0.4 is 5.32 Å². The molecule has 1 aromatic carbocycles. The lowest BCUT2D eigenvalue weighted by Gasteiger charge is -2.33. The fourth-order valence-electron chi connectivity index (χ4n) is 2.76. The largest absolute Gasteiger partial charge is 0.307 e. The number of benzene rings is 1. The minimum atomic E-state index is 0.546. The van der Waals surface area contributed by atoms with Gasteiger partial charge in [0.05, 0.1) is 0 Å². The molecule has 17 heavy (non-hydrogen) atoms. The maximum atomic E-state index is 3.86. The molecule has 0 amide bonds. The third kappa shape index (κ3) is 2.98. The van der Waals surface area contributed by atoms with Gasteiger partial charge in [-0.05, 0) is 30.4 Å². The SMILES string of the molecule is C=CCC1Cc2ccccc2C(CCCC)N1. The Labute approximate surface area is 105 Å². The maximum absolute atomic E-state index is 3.86. The molecule has 0 saturated heterocycles. The maximum Gasteiger partial charge on any atom is 0.0325 e. The minimum absolute atomic E-state index is 0.546. The van der Waals surface area contributed by atoms with Crippen LogP contribution in [0, 0.1) is 0 Å². The van der Waals surface area contributed by atoms with Gasteiger partial charge in [0.25, 0.3) is 0 Å². The van der Waals surface area contributed by atoms with E-state index >= 15 is 0 Å². The van der Waals surface area contributed by atoms with Crippen LogP contribution in [0.25, 0.3) is 0 Å². The summed E-state index contributed by atoms with van der Waals surface area (Å²) >= 11 is 0. The summed E-state index contributed by atoms with van der Waals surface area (Å²) in [5.74, 6) is 0. The number of rotatable bonds is 5. The van der Waals surface area contributed by atoms with E-state index in [1.54, 1.807) is 0 Å². The van der Waals surface area contributed by atoms with Crippen molar-refractivity contribution in [3.63, 3.8) is 0 Å². The molecular formula is C16H23N. The fraction of sp³-hybridized carbons (Fsp3) is 0.500. The molecular weight excluding hydrogens is 206 g/mol. The van der Waals surface area contributed by atoms with E-state index in [2.05, 4.69) is 43.1 Å². The van der Waals surface area contributed by atoms with E-state index in [0.717, 1.165) is 12.8 Å². The molecule has 1 nitrogen and oxygen atoms in total. The Kier molecular flexibility index (Phi) is 4.38. The van der Waals surface area contributed by atoms with E-state index < -0.39 is 0 Å². The zero-order valence-electron chi connectivity index (χ0n) is 10.8. The molecule has 0 aliphatic carbocycles. The van der Waals surface area contributed by atoms with Crippen LogP contribution in [0.5, 0.6) is 0 Å². The molecule has 92 valence electrons. The molecule has 0 spiro atoms. The van der Waals surface area contributed by atoms with Crippen LogP contribution in [0.15, 0.2) is 36.9 Å². The van der Waals surface area contributed by atoms with Crippen molar-refractivity contribution in [2.75, 3.05) is 0 Å². The molecule has 1 heterocycles. The highest BCUT2D eigenvalue weighted by Gasteiger charge is 2.24. The summed E-state index contributed by atoms with van der Waals surface area (Å²) in [4.78, 5) is 0. The van der Waals surface area contributed by atoms with Crippen LogP contribution in [0.4, 0.5) is 0 Å². The average molecular weight is 229 g/mol. The second-order valence-electron chi connectivity index (χ2n) is 4.99. The Morgan fingerprint density at radius 1 is 1.41 bits per heavy atom. The highest BCUT2D eigenvalue weighted by molar-refractivity contribution is 5.33.